The molecule has 0 aliphatic carbocycles. The average molecular weight is 543 g/mol. The summed E-state index contributed by atoms with van der Waals surface area (Å²) < 4.78 is 35.9. The van der Waals surface area contributed by atoms with E-state index in [-0.39, 0.29) is 11.4 Å². The molecule has 0 fully saturated rings. The van der Waals surface area contributed by atoms with E-state index in [1.807, 2.05) is 79.7 Å². The van der Waals surface area contributed by atoms with E-state index in [0.717, 1.165) is 39.2 Å². The molecule has 0 atom stereocenters. The van der Waals surface area contributed by atoms with Crippen LogP contribution in [-0.2, 0) is 17.1 Å². The Morgan fingerprint density at radius 3 is 2.46 bits per heavy atom. The van der Waals surface area contributed by atoms with Gasteiger partial charge in [-0.15, -0.1) is 0 Å². The van der Waals surface area contributed by atoms with Crippen molar-refractivity contribution in [3.8, 4) is 22.9 Å². The second-order valence-corrected chi connectivity index (χ2v) is 11.0. The van der Waals surface area contributed by atoms with E-state index in [4.69, 9.17) is 4.74 Å². The molecule has 0 bridgehead atoms. The molecule has 5 aromatic rings. The lowest BCUT2D eigenvalue weighted by atomic mass is 10.1. The van der Waals surface area contributed by atoms with E-state index in [9.17, 15) is 18.0 Å². The quantitative estimate of drug-likeness (QED) is 0.319. The van der Waals surface area contributed by atoms with Crippen molar-refractivity contribution in [2.45, 2.75) is 25.7 Å². The zero-order valence-electron chi connectivity index (χ0n) is 21.8. The number of aryl methyl sites for hydroxylation is 4. The van der Waals surface area contributed by atoms with Crippen LogP contribution >= 0.6 is 0 Å². The number of benzene rings is 2. The molecule has 3 aromatic heterocycles. The van der Waals surface area contributed by atoms with E-state index in [1.54, 1.807) is 6.07 Å². The molecule has 0 saturated heterocycles. The van der Waals surface area contributed by atoms with Gasteiger partial charge < -0.3 is 14.3 Å². The summed E-state index contributed by atoms with van der Waals surface area (Å²) in [5.41, 5.74) is 4.10. The molecule has 0 aliphatic rings. The highest BCUT2D eigenvalue weighted by atomic mass is 32.2. The van der Waals surface area contributed by atoms with Gasteiger partial charge in [0.2, 0.25) is 5.88 Å². The molecule has 2 aromatic carbocycles. The first-order chi connectivity index (χ1) is 18.5. The van der Waals surface area contributed by atoms with Crippen LogP contribution in [0.15, 0.2) is 82.7 Å². The Balaban J connectivity index is 1.60. The molecule has 1 amide bonds. The molecular weight excluding hydrogens is 516 g/mol. The number of aromatic nitrogens is 3. The topological polar surface area (TPSA) is 123 Å². The van der Waals surface area contributed by atoms with Crippen molar-refractivity contribution in [1.29, 1.82) is 0 Å². The number of ether oxygens (including phenoxy) is 1. The van der Waals surface area contributed by atoms with Gasteiger partial charge in [-0.2, -0.15) is 0 Å². The van der Waals surface area contributed by atoms with Crippen molar-refractivity contribution in [2.75, 3.05) is 0 Å². The highest BCUT2D eigenvalue weighted by Gasteiger charge is 2.25. The third-order valence-electron chi connectivity index (χ3n) is 6.39. The molecule has 9 nitrogen and oxygen atoms in total. The number of amides is 1. The second kappa shape index (κ2) is 9.88. The number of H-pyrrole nitrogens is 1. The fraction of sp³-hybridized carbons (Fsp3) is 0.138. The summed E-state index contributed by atoms with van der Waals surface area (Å²) in [4.78, 5) is 31.7. The SMILES string of the molecule is Cc1cc(C)c(Oc2nc(-c3ccc4ccn(C)c4c3)ccc2C(=O)NS(=O)(=O)c2ccc[nH]c2=O)c(C)c1. The van der Waals surface area contributed by atoms with E-state index < -0.39 is 26.4 Å². The van der Waals surface area contributed by atoms with Gasteiger partial charge in [0.15, 0.2) is 4.90 Å². The van der Waals surface area contributed by atoms with Crippen molar-refractivity contribution in [3.63, 3.8) is 0 Å². The van der Waals surface area contributed by atoms with Gasteiger partial charge in [0.05, 0.1) is 5.69 Å². The number of hydrogen-bond donors (Lipinski definition) is 2. The zero-order valence-corrected chi connectivity index (χ0v) is 22.6. The standard InChI is InChI=1S/C29H26N4O5S/c1-17-14-18(2)26(19(3)15-17)38-29-22(27(34)32-39(36,37)25-6-5-12-30-28(25)35)9-10-23(31-29)21-8-7-20-11-13-33(4)24(20)16-21/h5-16H,1-4H3,(H,30,35)(H,32,34). The summed E-state index contributed by atoms with van der Waals surface area (Å²) in [5, 5.41) is 1.07. The van der Waals surface area contributed by atoms with Crippen molar-refractivity contribution < 1.29 is 17.9 Å². The fourth-order valence-electron chi connectivity index (χ4n) is 4.55. The van der Waals surface area contributed by atoms with Crippen molar-refractivity contribution in [3.05, 3.63) is 106 Å². The number of nitrogens with one attached hydrogen (secondary N) is 2. The van der Waals surface area contributed by atoms with Crippen LogP contribution in [0.1, 0.15) is 27.0 Å². The van der Waals surface area contributed by atoms with Gasteiger partial charge in [-0.1, -0.05) is 29.8 Å². The minimum absolute atomic E-state index is 0.0656. The molecule has 0 aliphatic heterocycles. The van der Waals surface area contributed by atoms with Crippen LogP contribution in [0.25, 0.3) is 22.2 Å². The Labute approximate surface area is 225 Å². The third-order valence-corrected chi connectivity index (χ3v) is 7.75. The van der Waals surface area contributed by atoms with Crippen LogP contribution in [0.5, 0.6) is 11.6 Å². The highest BCUT2D eigenvalue weighted by Crippen LogP contribution is 2.33. The van der Waals surface area contributed by atoms with E-state index in [2.05, 4.69) is 9.97 Å². The Morgan fingerprint density at radius 1 is 1.00 bits per heavy atom. The van der Waals surface area contributed by atoms with E-state index in [0.29, 0.717) is 11.4 Å². The van der Waals surface area contributed by atoms with Crippen LogP contribution in [0.4, 0.5) is 0 Å². The molecule has 39 heavy (non-hydrogen) atoms. The van der Waals surface area contributed by atoms with Gasteiger partial charge in [-0.3, -0.25) is 9.59 Å². The fourth-order valence-corrected chi connectivity index (χ4v) is 5.57. The Morgan fingerprint density at radius 2 is 1.74 bits per heavy atom. The van der Waals surface area contributed by atoms with Crippen molar-refractivity contribution in [2.24, 2.45) is 7.05 Å². The van der Waals surface area contributed by atoms with Crippen molar-refractivity contribution in [1.82, 2.24) is 19.3 Å². The summed E-state index contributed by atoms with van der Waals surface area (Å²) in [5.74, 6) is -0.531. The first kappa shape index (κ1) is 25.9. The minimum atomic E-state index is -4.46. The van der Waals surface area contributed by atoms with Gasteiger partial charge in [-0.05, 0) is 73.7 Å². The van der Waals surface area contributed by atoms with Crippen LogP contribution in [-0.4, -0.2) is 28.9 Å². The van der Waals surface area contributed by atoms with Crippen LogP contribution < -0.4 is 15.0 Å². The summed E-state index contributed by atoms with van der Waals surface area (Å²) in [6, 6.07) is 17.3. The lowest BCUT2D eigenvalue weighted by Crippen LogP contribution is -2.34. The largest absolute Gasteiger partial charge is 0.438 e. The Bertz CT molecular complexity index is 1900. The predicted octanol–water partition coefficient (Wildman–Crippen LogP) is 4.76. The smallest absolute Gasteiger partial charge is 0.270 e. The maximum Gasteiger partial charge on any atom is 0.270 e. The van der Waals surface area contributed by atoms with Crippen molar-refractivity contribution >= 4 is 26.8 Å². The van der Waals surface area contributed by atoms with Gasteiger partial charge in [0.25, 0.3) is 21.5 Å². The number of nitrogens with zero attached hydrogens (tertiary/aromatic N) is 2. The second-order valence-electron chi connectivity index (χ2n) is 9.38. The molecular formula is C29H26N4O5S. The predicted molar refractivity (Wildman–Crippen MR) is 149 cm³/mol. The molecule has 0 radical (unpaired) electrons. The first-order valence-corrected chi connectivity index (χ1v) is 13.6. The molecule has 0 spiro atoms. The van der Waals surface area contributed by atoms with Gasteiger partial charge in [0.1, 0.15) is 11.3 Å². The third kappa shape index (κ3) is 5.06. The summed E-state index contributed by atoms with van der Waals surface area (Å²) in [6.45, 7) is 5.74. The zero-order chi connectivity index (χ0) is 27.9. The molecule has 2 N–H and O–H groups in total. The number of rotatable bonds is 6. The van der Waals surface area contributed by atoms with Gasteiger partial charge in [-0.25, -0.2) is 18.1 Å². The summed E-state index contributed by atoms with van der Waals surface area (Å²) >= 11 is 0. The number of carbonyl (C=O) groups excluding carboxylic acids is 1. The lowest BCUT2D eigenvalue weighted by molar-refractivity contribution is 0.0978. The minimum Gasteiger partial charge on any atom is -0.438 e. The highest BCUT2D eigenvalue weighted by molar-refractivity contribution is 7.90. The molecule has 3 heterocycles. The number of aromatic amines is 1. The number of hydrogen-bond acceptors (Lipinski definition) is 6. The molecule has 0 saturated carbocycles. The first-order valence-electron chi connectivity index (χ1n) is 12.1. The lowest BCUT2D eigenvalue weighted by Gasteiger charge is -2.16. The van der Waals surface area contributed by atoms with E-state index >= 15 is 0 Å². The molecule has 198 valence electrons. The Kier molecular flexibility index (Phi) is 6.57. The van der Waals surface area contributed by atoms with Gasteiger partial charge >= 0.3 is 0 Å². The van der Waals surface area contributed by atoms with Crippen LogP contribution in [0.2, 0.25) is 0 Å². The molecule has 0 unspecified atom stereocenters. The normalized spacial score (nSPS) is 11.5. The summed E-state index contributed by atoms with van der Waals surface area (Å²) in [7, 11) is -2.52. The Hall–Kier alpha value is -4.70. The molecule has 5 rings (SSSR count). The van der Waals surface area contributed by atoms with Gasteiger partial charge in [0, 0.05) is 30.5 Å². The average Bonchev–Trinajstić information content (AvgIpc) is 3.26. The number of carbonyl (C=O) groups is 1. The monoisotopic (exact) mass is 542 g/mol. The number of fused-ring (bicyclic) bond motifs is 1. The number of pyridine rings is 2. The maximum absolute atomic E-state index is 13.3. The van der Waals surface area contributed by atoms with Crippen LogP contribution in [0.3, 0.4) is 0 Å². The summed E-state index contributed by atoms with van der Waals surface area (Å²) in [6.07, 6.45) is 3.27. The van der Waals surface area contributed by atoms with Crippen LogP contribution in [0, 0.1) is 20.8 Å². The number of sulfonamides is 1. The van der Waals surface area contributed by atoms with E-state index in [1.165, 1.54) is 18.3 Å². The molecule has 10 heteroatoms. The maximum atomic E-state index is 13.3.